The van der Waals surface area contributed by atoms with E-state index in [4.69, 9.17) is 0 Å². The monoisotopic (exact) mass is 372 g/mol. The van der Waals surface area contributed by atoms with Gasteiger partial charge in [0, 0.05) is 26.1 Å². The number of hydrogen-bond acceptors (Lipinski definition) is 3. The van der Waals surface area contributed by atoms with E-state index in [2.05, 4.69) is 20.5 Å². The first kappa shape index (κ1) is 20.9. The lowest BCUT2D eigenvalue weighted by Crippen LogP contribution is -2.43. The molecule has 2 aromatic rings. The van der Waals surface area contributed by atoms with E-state index in [-0.39, 0.29) is 24.4 Å². The minimum Gasteiger partial charge on any atom is -0.396 e. The van der Waals surface area contributed by atoms with Crippen molar-refractivity contribution < 1.29 is 9.50 Å². The fraction of sp³-hybridized carbons (Fsp3) is 0.381. The van der Waals surface area contributed by atoms with Gasteiger partial charge in [-0.05, 0) is 37.4 Å². The molecule has 27 heavy (non-hydrogen) atoms. The summed E-state index contributed by atoms with van der Waals surface area (Å²) in [5.74, 6) is 0.419. The second kappa shape index (κ2) is 10.6. The topological polar surface area (TPSA) is 59.9 Å². The zero-order chi connectivity index (χ0) is 19.6. The predicted molar refractivity (Wildman–Crippen MR) is 108 cm³/mol. The summed E-state index contributed by atoms with van der Waals surface area (Å²) in [6.07, 6.45) is 0. The molecule has 0 saturated heterocycles. The average molecular weight is 372 g/mol. The molecule has 0 bridgehead atoms. The Balaban J connectivity index is 1.94. The number of aliphatic hydroxyl groups excluding tert-OH is 1. The summed E-state index contributed by atoms with van der Waals surface area (Å²) < 4.78 is 13.2. The van der Waals surface area contributed by atoms with Crippen LogP contribution in [0, 0.1) is 5.82 Å². The third kappa shape index (κ3) is 6.34. The van der Waals surface area contributed by atoms with Crippen LogP contribution in [-0.2, 0) is 0 Å². The molecule has 146 valence electrons. The van der Waals surface area contributed by atoms with Crippen LogP contribution in [0.2, 0.25) is 0 Å². The normalized spacial score (nSPS) is 14.1. The highest BCUT2D eigenvalue weighted by atomic mass is 19.1. The molecular weight excluding hydrogens is 343 g/mol. The van der Waals surface area contributed by atoms with Gasteiger partial charge in [-0.3, -0.25) is 4.99 Å². The summed E-state index contributed by atoms with van der Waals surface area (Å²) in [5.41, 5.74) is 2.11. The minimum atomic E-state index is -0.238. The zero-order valence-electron chi connectivity index (χ0n) is 16.2. The van der Waals surface area contributed by atoms with Crippen molar-refractivity contribution in [1.82, 2.24) is 15.5 Å². The number of aliphatic hydroxyl groups is 1. The van der Waals surface area contributed by atoms with Gasteiger partial charge in [0.15, 0.2) is 5.96 Å². The first-order chi connectivity index (χ1) is 13.0. The van der Waals surface area contributed by atoms with Gasteiger partial charge in [0.25, 0.3) is 0 Å². The molecule has 0 amide bonds. The Morgan fingerprint density at radius 1 is 1.00 bits per heavy atom. The average Bonchev–Trinajstić information content (AvgIpc) is 2.69. The van der Waals surface area contributed by atoms with Gasteiger partial charge >= 0.3 is 0 Å². The van der Waals surface area contributed by atoms with E-state index in [1.807, 2.05) is 44.4 Å². The van der Waals surface area contributed by atoms with E-state index in [1.165, 1.54) is 12.1 Å². The number of nitrogens with one attached hydrogen (secondary N) is 2. The van der Waals surface area contributed by atoms with E-state index in [0.29, 0.717) is 19.0 Å². The van der Waals surface area contributed by atoms with Gasteiger partial charge < -0.3 is 20.6 Å². The lowest BCUT2D eigenvalue weighted by atomic mass is 10.0. The minimum absolute atomic E-state index is 0.00788. The Kier molecular flexibility index (Phi) is 8.23. The van der Waals surface area contributed by atoms with E-state index in [0.717, 1.165) is 11.1 Å². The fourth-order valence-corrected chi connectivity index (χ4v) is 2.93. The van der Waals surface area contributed by atoms with Crippen LogP contribution in [-0.4, -0.2) is 56.8 Å². The molecule has 0 heterocycles. The van der Waals surface area contributed by atoms with Crippen molar-refractivity contribution in [2.45, 2.75) is 12.0 Å². The van der Waals surface area contributed by atoms with E-state index in [9.17, 15) is 9.50 Å². The van der Waals surface area contributed by atoms with Gasteiger partial charge in [-0.2, -0.15) is 0 Å². The summed E-state index contributed by atoms with van der Waals surface area (Å²) in [5, 5.41) is 16.3. The summed E-state index contributed by atoms with van der Waals surface area (Å²) in [6, 6.07) is 16.5. The van der Waals surface area contributed by atoms with Crippen LogP contribution in [0.4, 0.5) is 4.39 Å². The first-order valence-corrected chi connectivity index (χ1v) is 9.07. The quantitative estimate of drug-likeness (QED) is 0.492. The number of likely N-dealkylation sites (N-methyl/N-ethyl adjacent to an activating group) is 1. The van der Waals surface area contributed by atoms with Crippen molar-refractivity contribution in [3.63, 3.8) is 0 Å². The third-order valence-electron chi connectivity index (χ3n) is 4.57. The molecule has 2 rings (SSSR count). The third-order valence-corrected chi connectivity index (χ3v) is 4.57. The molecule has 0 fully saturated rings. The molecule has 0 radical (unpaired) electrons. The molecule has 0 aromatic heterocycles. The number of benzene rings is 2. The molecule has 0 aliphatic heterocycles. The molecule has 0 spiro atoms. The molecule has 3 N–H and O–H groups in total. The number of rotatable bonds is 8. The SMILES string of the molecule is CN=C(NCC(CO)c1ccccc1)NCC(c1ccc(F)cc1)N(C)C. The van der Waals surface area contributed by atoms with Crippen LogP contribution in [0.15, 0.2) is 59.6 Å². The van der Waals surface area contributed by atoms with Crippen molar-refractivity contribution >= 4 is 5.96 Å². The fourth-order valence-electron chi connectivity index (χ4n) is 2.93. The predicted octanol–water partition coefficient (Wildman–Crippen LogP) is 2.37. The highest BCUT2D eigenvalue weighted by molar-refractivity contribution is 5.79. The molecular formula is C21H29FN4O. The first-order valence-electron chi connectivity index (χ1n) is 9.07. The van der Waals surface area contributed by atoms with Gasteiger partial charge in [-0.1, -0.05) is 42.5 Å². The van der Waals surface area contributed by atoms with Crippen LogP contribution in [0.1, 0.15) is 23.1 Å². The maximum absolute atomic E-state index is 13.2. The zero-order valence-corrected chi connectivity index (χ0v) is 16.2. The smallest absolute Gasteiger partial charge is 0.191 e. The summed E-state index contributed by atoms with van der Waals surface area (Å²) in [6.45, 7) is 1.25. The molecule has 2 unspecified atom stereocenters. The largest absolute Gasteiger partial charge is 0.396 e. The molecule has 2 atom stereocenters. The lowest BCUT2D eigenvalue weighted by Gasteiger charge is -2.26. The van der Waals surface area contributed by atoms with Crippen LogP contribution >= 0.6 is 0 Å². The summed E-state index contributed by atoms with van der Waals surface area (Å²) >= 11 is 0. The van der Waals surface area contributed by atoms with Gasteiger partial charge in [-0.15, -0.1) is 0 Å². The van der Waals surface area contributed by atoms with Crippen LogP contribution in [0.3, 0.4) is 0 Å². The van der Waals surface area contributed by atoms with Crippen molar-refractivity contribution in [1.29, 1.82) is 0 Å². The summed E-state index contributed by atoms with van der Waals surface area (Å²) in [7, 11) is 5.69. The van der Waals surface area contributed by atoms with Gasteiger partial charge in [0.2, 0.25) is 0 Å². The second-order valence-corrected chi connectivity index (χ2v) is 6.66. The van der Waals surface area contributed by atoms with Crippen LogP contribution < -0.4 is 10.6 Å². The van der Waals surface area contributed by atoms with Crippen molar-refractivity contribution in [2.75, 3.05) is 40.8 Å². The molecule has 0 aliphatic carbocycles. The molecule has 2 aromatic carbocycles. The van der Waals surface area contributed by atoms with E-state index in [1.54, 1.807) is 19.2 Å². The number of nitrogens with zero attached hydrogens (tertiary/aromatic N) is 2. The Morgan fingerprint density at radius 3 is 2.19 bits per heavy atom. The van der Waals surface area contributed by atoms with Crippen molar-refractivity contribution in [3.05, 3.63) is 71.5 Å². The Labute approximate surface area is 160 Å². The number of hydrogen-bond donors (Lipinski definition) is 3. The van der Waals surface area contributed by atoms with Crippen molar-refractivity contribution in [3.8, 4) is 0 Å². The van der Waals surface area contributed by atoms with E-state index >= 15 is 0 Å². The van der Waals surface area contributed by atoms with Crippen LogP contribution in [0.25, 0.3) is 0 Å². The van der Waals surface area contributed by atoms with Gasteiger partial charge in [0.1, 0.15) is 5.82 Å². The molecule has 0 saturated carbocycles. The van der Waals surface area contributed by atoms with Crippen LogP contribution in [0.5, 0.6) is 0 Å². The summed E-state index contributed by atoms with van der Waals surface area (Å²) in [4.78, 5) is 6.34. The van der Waals surface area contributed by atoms with Gasteiger partial charge in [-0.25, -0.2) is 4.39 Å². The Bertz CT molecular complexity index is 704. The Morgan fingerprint density at radius 2 is 1.63 bits per heavy atom. The highest BCUT2D eigenvalue weighted by Crippen LogP contribution is 2.18. The highest BCUT2D eigenvalue weighted by Gasteiger charge is 2.16. The number of guanidine groups is 1. The second-order valence-electron chi connectivity index (χ2n) is 6.66. The molecule has 6 heteroatoms. The lowest BCUT2D eigenvalue weighted by molar-refractivity contribution is 0.264. The molecule has 0 aliphatic rings. The maximum atomic E-state index is 13.2. The molecule has 5 nitrogen and oxygen atoms in total. The Hall–Kier alpha value is -2.44. The van der Waals surface area contributed by atoms with E-state index < -0.39 is 0 Å². The maximum Gasteiger partial charge on any atom is 0.191 e. The number of halogens is 1. The van der Waals surface area contributed by atoms with Gasteiger partial charge in [0.05, 0.1) is 12.6 Å². The standard InChI is InChI=1S/C21H29FN4O/c1-23-21(24-13-18(15-27)16-7-5-4-6-8-16)25-14-20(26(2)3)17-9-11-19(22)12-10-17/h4-12,18,20,27H,13-15H2,1-3H3,(H2,23,24,25). The van der Waals surface area contributed by atoms with Crippen molar-refractivity contribution in [2.24, 2.45) is 4.99 Å². The number of aliphatic imine (C=N–C) groups is 1.